The van der Waals surface area contributed by atoms with Crippen molar-refractivity contribution in [2.45, 2.75) is 25.8 Å². The Hall–Kier alpha value is -3.43. The minimum atomic E-state index is -1.02. The highest BCUT2D eigenvalue weighted by atomic mass is 32.1. The summed E-state index contributed by atoms with van der Waals surface area (Å²) in [4.78, 5) is 31.6. The minimum Gasteiger partial charge on any atom is -0.464 e. The van der Waals surface area contributed by atoms with Gasteiger partial charge in [0.15, 0.2) is 0 Å². The molecule has 1 atom stereocenters. The molecule has 0 saturated carbocycles. The van der Waals surface area contributed by atoms with E-state index in [2.05, 4.69) is 4.98 Å². The number of carbonyl (C=O) groups is 2. The number of hydrogen-bond acceptors (Lipinski definition) is 6. The summed E-state index contributed by atoms with van der Waals surface area (Å²) in [5.74, 6) is 1.18. The van der Waals surface area contributed by atoms with E-state index in [4.69, 9.17) is 9.47 Å². The highest BCUT2D eigenvalue weighted by molar-refractivity contribution is 7.21. The maximum Gasteiger partial charge on any atom is 0.416 e. The number of carboxylic acid groups (broad SMARTS) is 1. The first-order valence-electron chi connectivity index (χ1n) is 10.7. The molecule has 3 aromatic heterocycles. The van der Waals surface area contributed by atoms with Crippen molar-refractivity contribution in [2.24, 2.45) is 0 Å². The molecule has 0 bridgehead atoms. The number of aromatic nitrogens is 2. The third kappa shape index (κ3) is 3.83. The SMILES string of the molecule is COCC1CCCN1C(=O)c1cc2nccc(Oc3ccc4c(c3)cc(C)n4C(=O)O)c2s1. The third-order valence-corrected chi connectivity index (χ3v) is 7.09. The lowest BCUT2D eigenvalue weighted by atomic mass is 10.2. The van der Waals surface area contributed by atoms with E-state index in [1.807, 2.05) is 23.1 Å². The third-order valence-electron chi connectivity index (χ3n) is 5.96. The number of pyridine rings is 1. The molecule has 9 heteroatoms. The summed E-state index contributed by atoms with van der Waals surface area (Å²) in [5.41, 5.74) is 1.95. The Balaban J connectivity index is 1.45. The lowest BCUT2D eigenvalue weighted by Crippen LogP contribution is -2.37. The van der Waals surface area contributed by atoms with Crippen LogP contribution in [0.25, 0.3) is 21.1 Å². The van der Waals surface area contributed by atoms with E-state index in [-0.39, 0.29) is 11.9 Å². The van der Waals surface area contributed by atoms with Crippen LogP contribution in [-0.4, -0.2) is 57.9 Å². The van der Waals surface area contributed by atoms with Gasteiger partial charge in [0.1, 0.15) is 11.5 Å². The summed E-state index contributed by atoms with van der Waals surface area (Å²) in [6.45, 7) is 3.02. The summed E-state index contributed by atoms with van der Waals surface area (Å²) < 4.78 is 13.5. The van der Waals surface area contributed by atoms with Gasteiger partial charge in [-0.3, -0.25) is 14.3 Å². The second kappa shape index (κ2) is 8.49. The Bertz CT molecular complexity index is 1380. The fourth-order valence-corrected chi connectivity index (χ4v) is 5.51. The summed E-state index contributed by atoms with van der Waals surface area (Å²) in [6, 6.07) is 10.8. The van der Waals surface area contributed by atoms with Crippen LogP contribution in [0.1, 0.15) is 28.2 Å². The number of methoxy groups -OCH3 is 1. The van der Waals surface area contributed by atoms with Gasteiger partial charge in [-0.05, 0) is 50.1 Å². The average Bonchev–Trinajstić information content (AvgIpc) is 3.49. The van der Waals surface area contributed by atoms with Crippen LogP contribution in [-0.2, 0) is 4.74 Å². The highest BCUT2D eigenvalue weighted by Gasteiger charge is 2.30. The molecule has 1 aliphatic rings. The lowest BCUT2D eigenvalue weighted by Gasteiger charge is -2.23. The maximum absolute atomic E-state index is 13.2. The molecular formula is C24H23N3O5S. The van der Waals surface area contributed by atoms with E-state index in [0.717, 1.165) is 29.5 Å². The molecule has 4 aromatic rings. The van der Waals surface area contributed by atoms with Gasteiger partial charge in [-0.25, -0.2) is 4.79 Å². The summed E-state index contributed by atoms with van der Waals surface area (Å²) in [5, 5.41) is 10.2. The van der Waals surface area contributed by atoms with Crippen molar-refractivity contribution >= 4 is 44.5 Å². The van der Waals surface area contributed by atoms with E-state index >= 15 is 0 Å². The van der Waals surface area contributed by atoms with Crippen molar-refractivity contribution in [3.05, 3.63) is 53.2 Å². The van der Waals surface area contributed by atoms with E-state index in [9.17, 15) is 14.7 Å². The van der Waals surface area contributed by atoms with Crippen LogP contribution in [0.15, 0.2) is 42.6 Å². The van der Waals surface area contributed by atoms with Gasteiger partial charge in [-0.2, -0.15) is 0 Å². The van der Waals surface area contributed by atoms with Crippen molar-refractivity contribution in [3.8, 4) is 11.5 Å². The first kappa shape index (κ1) is 21.4. The van der Waals surface area contributed by atoms with Gasteiger partial charge < -0.3 is 19.5 Å². The van der Waals surface area contributed by atoms with Gasteiger partial charge in [0.05, 0.1) is 33.3 Å². The van der Waals surface area contributed by atoms with E-state index in [1.54, 1.807) is 38.4 Å². The quantitative estimate of drug-likeness (QED) is 0.439. The van der Waals surface area contributed by atoms with Gasteiger partial charge in [0, 0.05) is 37.0 Å². The normalized spacial score (nSPS) is 16.1. The number of rotatable bonds is 5. The number of aryl methyl sites for hydroxylation is 1. The zero-order valence-corrected chi connectivity index (χ0v) is 19.1. The first-order valence-corrected chi connectivity index (χ1v) is 11.5. The average molecular weight is 466 g/mol. The summed E-state index contributed by atoms with van der Waals surface area (Å²) in [7, 11) is 1.66. The van der Waals surface area contributed by atoms with E-state index in [0.29, 0.717) is 39.7 Å². The summed E-state index contributed by atoms with van der Waals surface area (Å²) >= 11 is 1.37. The van der Waals surface area contributed by atoms with Crippen LogP contribution in [0, 0.1) is 6.92 Å². The Morgan fingerprint density at radius 3 is 2.88 bits per heavy atom. The largest absolute Gasteiger partial charge is 0.464 e. The molecule has 4 heterocycles. The van der Waals surface area contributed by atoms with Crippen molar-refractivity contribution in [2.75, 3.05) is 20.3 Å². The van der Waals surface area contributed by atoms with Crippen LogP contribution >= 0.6 is 11.3 Å². The fourth-order valence-electron chi connectivity index (χ4n) is 4.49. The molecule has 33 heavy (non-hydrogen) atoms. The summed E-state index contributed by atoms with van der Waals surface area (Å²) in [6.07, 6.45) is 2.56. The molecule has 0 spiro atoms. The van der Waals surface area contributed by atoms with E-state index in [1.165, 1.54) is 15.9 Å². The standard InChI is InChI=1S/C24H23N3O5S/c1-14-10-15-11-17(5-6-19(15)27(14)24(29)30)32-20-7-8-25-18-12-21(33-22(18)20)23(28)26-9-3-4-16(26)13-31-2/h5-8,10-12,16H,3-4,9,13H2,1-2H3,(H,29,30). The van der Waals surface area contributed by atoms with Crippen LogP contribution in [0.4, 0.5) is 4.79 Å². The molecule has 1 saturated heterocycles. The van der Waals surface area contributed by atoms with Crippen LogP contribution in [0.5, 0.6) is 11.5 Å². The molecule has 0 radical (unpaired) electrons. The van der Waals surface area contributed by atoms with Gasteiger partial charge in [0.25, 0.3) is 5.91 Å². The molecule has 1 aliphatic heterocycles. The predicted octanol–water partition coefficient (Wildman–Crippen LogP) is 5.13. The molecule has 1 unspecified atom stereocenters. The topological polar surface area (TPSA) is 93.9 Å². The molecule has 1 aromatic carbocycles. The van der Waals surface area contributed by atoms with Crippen molar-refractivity contribution < 1.29 is 24.2 Å². The minimum absolute atomic E-state index is 0.00425. The zero-order valence-electron chi connectivity index (χ0n) is 18.3. The van der Waals surface area contributed by atoms with Gasteiger partial charge in [-0.1, -0.05) is 0 Å². The van der Waals surface area contributed by atoms with Crippen LogP contribution in [0.2, 0.25) is 0 Å². The smallest absolute Gasteiger partial charge is 0.416 e. The van der Waals surface area contributed by atoms with Crippen LogP contribution in [0.3, 0.4) is 0 Å². The van der Waals surface area contributed by atoms with Crippen LogP contribution < -0.4 is 4.74 Å². The molecule has 1 N–H and O–H groups in total. The Morgan fingerprint density at radius 1 is 1.24 bits per heavy atom. The molecule has 1 fully saturated rings. The van der Waals surface area contributed by atoms with Crippen molar-refractivity contribution in [1.29, 1.82) is 0 Å². The van der Waals surface area contributed by atoms with Gasteiger partial charge in [-0.15, -0.1) is 11.3 Å². The number of hydrogen-bond donors (Lipinski definition) is 1. The Labute approximate surface area is 194 Å². The van der Waals surface area contributed by atoms with Crippen molar-refractivity contribution in [1.82, 2.24) is 14.5 Å². The molecule has 8 nitrogen and oxygen atoms in total. The Morgan fingerprint density at radius 2 is 2.09 bits per heavy atom. The number of ether oxygens (including phenoxy) is 2. The Kier molecular flexibility index (Phi) is 5.51. The number of nitrogens with zero attached hydrogens (tertiary/aromatic N) is 3. The van der Waals surface area contributed by atoms with Gasteiger partial charge >= 0.3 is 6.09 Å². The number of likely N-dealkylation sites (tertiary alicyclic amines) is 1. The molecule has 170 valence electrons. The number of amides is 1. The van der Waals surface area contributed by atoms with Gasteiger partial charge in [0.2, 0.25) is 0 Å². The zero-order chi connectivity index (χ0) is 23.1. The number of fused-ring (bicyclic) bond motifs is 2. The number of thiophene rings is 1. The molecule has 1 amide bonds. The molecule has 5 rings (SSSR count). The number of carbonyl (C=O) groups excluding carboxylic acids is 1. The number of benzene rings is 1. The highest BCUT2D eigenvalue weighted by Crippen LogP contribution is 2.37. The predicted molar refractivity (Wildman–Crippen MR) is 126 cm³/mol. The van der Waals surface area contributed by atoms with Crippen molar-refractivity contribution in [3.63, 3.8) is 0 Å². The van der Waals surface area contributed by atoms with E-state index < -0.39 is 6.09 Å². The lowest BCUT2D eigenvalue weighted by molar-refractivity contribution is 0.0635. The fraction of sp³-hybridized carbons (Fsp3) is 0.292. The maximum atomic E-state index is 13.2. The molecule has 0 aliphatic carbocycles. The monoisotopic (exact) mass is 465 g/mol. The molecular weight excluding hydrogens is 442 g/mol. The second-order valence-corrected chi connectivity index (χ2v) is 9.16. The second-order valence-electron chi connectivity index (χ2n) is 8.11. The first-order chi connectivity index (χ1) is 16.0.